The van der Waals surface area contributed by atoms with Crippen LogP contribution in [0.3, 0.4) is 0 Å². The predicted molar refractivity (Wildman–Crippen MR) is 224 cm³/mol. The highest BCUT2D eigenvalue weighted by atomic mass is 28.6. The lowest BCUT2D eigenvalue weighted by atomic mass is 10.0. The molecule has 0 aromatic carbocycles. The van der Waals surface area contributed by atoms with Crippen molar-refractivity contribution in [2.45, 2.75) is 239 Å². The quantitative estimate of drug-likeness (QED) is 0.240. The molecule has 6 bridgehead atoms. The second-order valence-electron chi connectivity index (χ2n) is 20.1. The highest BCUT2D eigenvalue weighted by molar-refractivity contribution is 7.03. The summed E-state index contributed by atoms with van der Waals surface area (Å²) < 4.78 is 82.0. The Labute approximate surface area is 339 Å². The fourth-order valence-electron chi connectivity index (χ4n) is 12.9. The van der Waals surface area contributed by atoms with Gasteiger partial charge in [-0.05, 0) is 90.1 Å². The van der Waals surface area contributed by atoms with Crippen LogP contribution in [0.2, 0.25) is 46.3 Å². The molecule has 55 heavy (non-hydrogen) atoms. The molecule has 0 aromatic rings. The van der Waals surface area contributed by atoms with Crippen molar-refractivity contribution in [3.8, 4) is 0 Å². The van der Waals surface area contributed by atoms with Crippen LogP contribution >= 0.6 is 0 Å². The molecule has 10 aliphatic rings. The van der Waals surface area contributed by atoms with Crippen molar-refractivity contribution in [1.82, 2.24) is 0 Å². The van der Waals surface area contributed by atoms with Crippen LogP contribution in [0.1, 0.15) is 193 Å². The Bertz CT molecular complexity index is 1270. The molecule has 17 heteroatoms. The van der Waals surface area contributed by atoms with E-state index in [-0.39, 0.29) is 33.2 Å². The van der Waals surface area contributed by atoms with Gasteiger partial charge in [0.15, 0.2) is 0 Å². The lowest BCUT2D eigenvalue weighted by Crippen LogP contribution is -2.89. The zero-order valence-electron chi connectivity index (χ0n) is 34.3. The molecule has 0 spiro atoms. The summed E-state index contributed by atoms with van der Waals surface area (Å²) in [6.07, 6.45) is 34.3. The summed E-state index contributed by atoms with van der Waals surface area (Å²) in [5.41, 5.74) is 1.04. The van der Waals surface area contributed by atoms with E-state index in [0.717, 1.165) is 77.0 Å². The van der Waals surface area contributed by atoms with Crippen molar-refractivity contribution in [2.24, 2.45) is 0 Å². The van der Waals surface area contributed by atoms with E-state index in [2.05, 4.69) is 13.1 Å². The van der Waals surface area contributed by atoms with E-state index in [1.165, 1.54) is 116 Å². The number of fused-ring (bicyclic) bond motifs is 4. The normalized spacial score (nSPS) is 46.1. The van der Waals surface area contributed by atoms with E-state index >= 15 is 0 Å². The fraction of sp³-hybridized carbons (Fsp3) is 1.00. The fourth-order valence-corrected chi connectivity index (χ4v) is 60.1. The highest BCUT2D eigenvalue weighted by Gasteiger charge is 2.85. The molecule has 0 N–H and O–H groups in total. The van der Waals surface area contributed by atoms with Gasteiger partial charge >= 0.3 is 61.4 Å². The first-order valence-electron chi connectivity index (χ1n) is 23.7. The monoisotopic (exact) mass is 884 g/mol. The van der Waals surface area contributed by atoms with Gasteiger partial charge in [0.05, 0.1) is 0 Å². The standard InChI is InChI=1S/C38H72O10Si7/c1-49(2)39-50(33-21-9-3-10-22-33)41-52(35-25-13-5-14-26-35)42-51(40-49,34-23-11-4-12-24-34)44-54(37-29-17-7-18-30-37)46-53(43-50,36-27-15-6-16-28-36)47-55(45-52,48-54)38-31-19-8-20-32-38/h33-38H,3-32H2,1-2H3. The van der Waals surface area contributed by atoms with Crippen molar-refractivity contribution >= 4 is 61.4 Å². The molecular formula is C38H72O10Si7. The minimum absolute atomic E-state index is 0.144. The molecule has 10 nitrogen and oxygen atoms in total. The number of rotatable bonds is 6. The van der Waals surface area contributed by atoms with E-state index in [1.54, 1.807) is 0 Å². The molecule has 4 unspecified atom stereocenters. The molecule has 4 atom stereocenters. The summed E-state index contributed by atoms with van der Waals surface area (Å²) >= 11 is 0. The molecule has 10 fully saturated rings. The minimum atomic E-state index is -3.75. The second-order valence-corrected chi connectivity index (χ2v) is 43.2. The molecule has 312 valence electrons. The van der Waals surface area contributed by atoms with Crippen LogP contribution in [0.25, 0.3) is 0 Å². The summed E-state index contributed by atoms with van der Waals surface area (Å²) in [7, 11) is -25.0. The van der Waals surface area contributed by atoms with Gasteiger partial charge in [0, 0.05) is 33.2 Å². The zero-order chi connectivity index (χ0) is 37.2. The van der Waals surface area contributed by atoms with Crippen molar-refractivity contribution in [2.75, 3.05) is 0 Å². The predicted octanol–water partition coefficient (Wildman–Crippen LogP) is 11.5. The third-order valence-corrected chi connectivity index (χ3v) is 49.6. The van der Waals surface area contributed by atoms with Crippen LogP contribution in [0.4, 0.5) is 0 Å². The molecule has 0 radical (unpaired) electrons. The average Bonchev–Trinajstić information content (AvgIpc) is 3.21. The maximum atomic E-state index is 8.40. The van der Waals surface area contributed by atoms with Crippen molar-refractivity contribution in [3.63, 3.8) is 0 Å². The minimum Gasteiger partial charge on any atom is -0.394 e. The first-order valence-corrected chi connectivity index (χ1v) is 37.3. The van der Waals surface area contributed by atoms with Gasteiger partial charge in [0.2, 0.25) is 0 Å². The molecule has 0 aromatic heterocycles. The summed E-state index contributed by atoms with van der Waals surface area (Å²) in [6, 6.07) is 0. The van der Waals surface area contributed by atoms with Crippen molar-refractivity contribution in [1.29, 1.82) is 0 Å². The van der Waals surface area contributed by atoms with Gasteiger partial charge in [-0.2, -0.15) is 0 Å². The molecule has 4 aliphatic heterocycles. The third kappa shape index (κ3) is 7.38. The smallest absolute Gasteiger partial charge is 0.394 e. The van der Waals surface area contributed by atoms with Gasteiger partial charge in [0.1, 0.15) is 0 Å². The molecule has 0 amide bonds. The Balaban J connectivity index is 1.26. The number of hydrogen-bond donors (Lipinski definition) is 0. The van der Waals surface area contributed by atoms with Gasteiger partial charge < -0.3 is 41.2 Å². The van der Waals surface area contributed by atoms with E-state index in [1.807, 2.05) is 0 Å². The molecule has 10 rings (SSSR count). The largest absolute Gasteiger partial charge is 0.482 e. The number of hydrogen-bond acceptors (Lipinski definition) is 10. The van der Waals surface area contributed by atoms with Gasteiger partial charge in [-0.1, -0.05) is 116 Å². The zero-order valence-corrected chi connectivity index (χ0v) is 41.3. The van der Waals surface area contributed by atoms with Crippen LogP contribution in [0.15, 0.2) is 0 Å². The van der Waals surface area contributed by atoms with Crippen molar-refractivity contribution < 1.29 is 41.2 Å². The van der Waals surface area contributed by atoms with Crippen LogP contribution in [0.5, 0.6) is 0 Å². The van der Waals surface area contributed by atoms with Crippen LogP contribution in [0, 0.1) is 0 Å². The van der Waals surface area contributed by atoms with E-state index in [0.29, 0.717) is 0 Å². The van der Waals surface area contributed by atoms with Gasteiger partial charge in [-0.3, -0.25) is 0 Å². The Morgan fingerprint density at radius 2 is 0.364 bits per heavy atom. The molecular weight excluding hydrogens is 813 g/mol. The molecule has 6 saturated carbocycles. The van der Waals surface area contributed by atoms with Crippen LogP contribution < -0.4 is 0 Å². The van der Waals surface area contributed by atoms with Crippen LogP contribution in [-0.2, 0) is 41.2 Å². The second kappa shape index (κ2) is 15.8. The van der Waals surface area contributed by atoms with E-state index in [4.69, 9.17) is 41.2 Å². The molecule has 6 aliphatic carbocycles. The Kier molecular flexibility index (Phi) is 11.5. The molecule has 4 heterocycles. The Hall–Kier alpha value is 1.12. The van der Waals surface area contributed by atoms with Gasteiger partial charge in [-0.25, -0.2) is 0 Å². The highest BCUT2D eigenvalue weighted by Crippen LogP contribution is 2.63. The van der Waals surface area contributed by atoms with Crippen molar-refractivity contribution in [3.05, 3.63) is 0 Å². The Morgan fingerprint density at radius 3 is 0.527 bits per heavy atom. The third-order valence-electron chi connectivity index (χ3n) is 15.7. The maximum Gasteiger partial charge on any atom is 0.482 e. The van der Waals surface area contributed by atoms with E-state index in [9.17, 15) is 0 Å². The van der Waals surface area contributed by atoms with Gasteiger partial charge in [-0.15, -0.1) is 0 Å². The topological polar surface area (TPSA) is 92.3 Å². The average molecular weight is 886 g/mol. The Morgan fingerprint density at radius 1 is 0.218 bits per heavy atom. The summed E-state index contributed by atoms with van der Waals surface area (Å²) in [5.74, 6) is 0. The van der Waals surface area contributed by atoms with Gasteiger partial charge in [0.25, 0.3) is 0 Å². The summed E-state index contributed by atoms with van der Waals surface area (Å²) in [4.78, 5) is 0. The summed E-state index contributed by atoms with van der Waals surface area (Å²) in [6.45, 7) is 4.52. The lowest BCUT2D eigenvalue weighted by molar-refractivity contribution is -0.0354. The van der Waals surface area contributed by atoms with Crippen LogP contribution in [-0.4, -0.2) is 61.4 Å². The summed E-state index contributed by atoms with van der Waals surface area (Å²) in [5, 5.41) is 0. The SMILES string of the molecule is C[Si]1(C)O[Si]2(C3CCCCC3)O[Si]3(C4CCCCC4)O[Si](C4CCCCC4)(O1)O[Si]1(C4CCCCC4)O[Si](C4CCCCC4)(O2)O[Si](C2CCCCC2)(O3)O1. The first-order chi connectivity index (χ1) is 26.7. The molecule has 4 saturated heterocycles. The first kappa shape index (κ1) is 40.2. The van der Waals surface area contributed by atoms with E-state index < -0.39 is 61.4 Å². The lowest BCUT2D eigenvalue weighted by Gasteiger charge is -2.66. The maximum absolute atomic E-state index is 8.40.